The van der Waals surface area contributed by atoms with E-state index < -0.39 is 17.4 Å². The zero-order chi connectivity index (χ0) is 16.0. The summed E-state index contributed by atoms with van der Waals surface area (Å²) in [5, 5.41) is 12.4. The van der Waals surface area contributed by atoms with E-state index in [4.69, 9.17) is 27.9 Å². The Bertz CT molecular complexity index is 536. The first-order chi connectivity index (χ1) is 9.81. The molecular formula is C14H17Cl2NO4. The zero-order valence-electron chi connectivity index (χ0n) is 11.8. The third kappa shape index (κ3) is 4.59. The van der Waals surface area contributed by atoms with Gasteiger partial charge < -0.3 is 15.2 Å². The van der Waals surface area contributed by atoms with E-state index in [1.54, 1.807) is 0 Å². The van der Waals surface area contributed by atoms with Gasteiger partial charge in [-0.1, -0.05) is 36.2 Å². The molecule has 0 saturated heterocycles. The number of carbonyl (C=O) groups excluding carboxylic acids is 1. The minimum Gasteiger partial charge on any atom is -0.479 e. The number of amides is 1. The van der Waals surface area contributed by atoms with Gasteiger partial charge in [0.25, 0.3) is 0 Å². The lowest BCUT2D eigenvalue weighted by Gasteiger charge is -2.27. The number of carbonyl (C=O) groups is 2. The topological polar surface area (TPSA) is 75.6 Å². The van der Waals surface area contributed by atoms with Crippen LogP contribution in [0.25, 0.3) is 0 Å². The van der Waals surface area contributed by atoms with Crippen LogP contribution in [0.2, 0.25) is 10.0 Å². The minimum atomic E-state index is -1.61. The molecule has 1 rings (SSSR count). The molecule has 0 fully saturated rings. The maximum atomic E-state index is 11.8. The van der Waals surface area contributed by atoms with Crippen LogP contribution in [0, 0.1) is 0 Å². The molecule has 1 aromatic carbocycles. The van der Waals surface area contributed by atoms with E-state index in [0.29, 0.717) is 17.2 Å². The number of ether oxygens (including phenoxy) is 1. The average Bonchev–Trinajstić information content (AvgIpc) is 2.41. The first-order valence-corrected chi connectivity index (χ1v) is 7.14. The van der Waals surface area contributed by atoms with E-state index in [0.717, 1.165) is 6.42 Å². The van der Waals surface area contributed by atoms with Crippen molar-refractivity contribution in [1.82, 2.24) is 5.32 Å². The number of halogens is 2. The normalized spacial score (nSPS) is 13.5. The molecule has 0 spiro atoms. The monoisotopic (exact) mass is 333 g/mol. The molecule has 2 N–H and O–H groups in total. The molecular weight excluding hydrogens is 317 g/mol. The van der Waals surface area contributed by atoms with E-state index in [-0.39, 0.29) is 11.6 Å². The Balaban J connectivity index is 2.95. The minimum absolute atomic E-state index is 0.196. The van der Waals surface area contributed by atoms with Gasteiger partial charge in [-0.3, -0.25) is 4.79 Å². The highest BCUT2D eigenvalue weighted by molar-refractivity contribution is 6.42. The van der Waals surface area contributed by atoms with Crippen LogP contribution in [-0.4, -0.2) is 30.2 Å². The van der Waals surface area contributed by atoms with Gasteiger partial charge in [-0.05, 0) is 31.0 Å². The Hall–Kier alpha value is -1.30. The van der Waals surface area contributed by atoms with Gasteiger partial charge in [0.2, 0.25) is 5.91 Å². The van der Waals surface area contributed by atoms with Gasteiger partial charge in [0, 0.05) is 6.61 Å². The van der Waals surface area contributed by atoms with Crippen molar-refractivity contribution >= 4 is 35.1 Å². The lowest BCUT2D eigenvalue weighted by atomic mass is 9.92. The van der Waals surface area contributed by atoms with Crippen LogP contribution in [-0.2, 0) is 19.9 Å². The van der Waals surface area contributed by atoms with Crippen molar-refractivity contribution in [2.75, 3.05) is 13.2 Å². The highest BCUT2D eigenvalue weighted by Gasteiger charge is 2.37. The van der Waals surface area contributed by atoms with E-state index >= 15 is 0 Å². The predicted molar refractivity (Wildman–Crippen MR) is 80.7 cm³/mol. The molecule has 0 bridgehead atoms. The second kappa shape index (κ2) is 7.64. The second-order valence-corrected chi connectivity index (χ2v) is 5.47. The molecule has 116 valence electrons. The third-order valence-electron chi connectivity index (χ3n) is 2.90. The van der Waals surface area contributed by atoms with Crippen LogP contribution >= 0.6 is 23.2 Å². The standard InChI is InChI=1S/C14H17Cl2NO4/c1-3-6-21-8-12(18)17-14(2,13(19)20)9-4-5-10(15)11(16)7-9/h4-5,7H,3,6,8H2,1-2H3,(H,17,18)(H,19,20). The number of carboxylic acid groups (broad SMARTS) is 1. The number of aliphatic carboxylic acids is 1. The number of hydrogen-bond donors (Lipinski definition) is 2. The summed E-state index contributed by atoms with van der Waals surface area (Å²) in [6.07, 6.45) is 0.774. The van der Waals surface area contributed by atoms with E-state index in [9.17, 15) is 14.7 Å². The Kier molecular flexibility index (Phi) is 6.45. The van der Waals surface area contributed by atoms with Crippen molar-refractivity contribution in [1.29, 1.82) is 0 Å². The lowest BCUT2D eigenvalue weighted by molar-refractivity contribution is -0.148. The van der Waals surface area contributed by atoms with Crippen LogP contribution in [0.15, 0.2) is 18.2 Å². The molecule has 5 nitrogen and oxygen atoms in total. The van der Waals surface area contributed by atoms with Crippen molar-refractivity contribution in [3.05, 3.63) is 33.8 Å². The Morgan fingerprint density at radius 3 is 2.52 bits per heavy atom. The average molecular weight is 334 g/mol. The summed E-state index contributed by atoms with van der Waals surface area (Å²) in [4.78, 5) is 23.4. The summed E-state index contributed by atoms with van der Waals surface area (Å²) < 4.78 is 5.10. The molecule has 0 aliphatic rings. The van der Waals surface area contributed by atoms with Gasteiger partial charge in [-0.15, -0.1) is 0 Å². The fourth-order valence-corrected chi connectivity index (χ4v) is 1.98. The number of benzene rings is 1. The Labute approximate surface area is 133 Å². The number of hydrogen-bond acceptors (Lipinski definition) is 3. The summed E-state index contributed by atoms with van der Waals surface area (Å²) in [6.45, 7) is 3.53. The maximum Gasteiger partial charge on any atom is 0.333 e. The van der Waals surface area contributed by atoms with Crippen LogP contribution in [0.5, 0.6) is 0 Å². The molecule has 0 radical (unpaired) electrons. The molecule has 1 atom stereocenters. The third-order valence-corrected chi connectivity index (χ3v) is 3.63. The first-order valence-electron chi connectivity index (χ1n) is 6.39. The van der Waals surface area contributed by atoms with E-state index in [1.807, 2.05) is 6.92 Å². The second-order valence-electron chi connectivity index (χ2n) is 4.66. The molecule has 1 amide bonds. The number of carboxylic acids is 1. The molecule has 1 aromatic rings. The van der Waals surface area contributed by atoms with Crippen molar-refractivity contribution in [2.45, 2.75) is 25.8 Å². The van der Waals surface area contributed by atoms with Crippen LogP contribution < -0.4 is 5.32 Å². The van der Waals surface area contributed by atoms with E-state index in [2.05, 4.69) is 5.32 Å². The van der Waals surface area contributed by atoms with Gasteiger partial charge >= 0.3 is 5.97 Å². The maximum absolute atomic E-state index is 11.8. The predicted octanol–water partition coefficient (Wildman–Crippen LogP) is 2.84. The zero-order valence-corrected chi connectivity index (χ0v) is 13.3. The van der Waals surface area contributed by atoms with Gasteiger partial charge in [-0.25, -0.2) is 4.79 Å². The first kappa shape index (κ1) is 17.8. The molecule has 0 heterocycles. The van der Waals surface area contributed by atoms with Crippen LogP contribution in [0.3, 0.4) is 0 Å². The molecule has 7 heteroatoms. The molecule has 0 aliphatic heterocycles. The van der Waals surface area contributed by atoms with Crippen molar-refractivity contribution in [3.8, 4) is 0 Å². The summed E-state index contributed by atoms with van der Waals surface area (Å²) in [5.41, 5.74) is -1.28. The van der Waals surface area contributed by atoms with Crippen LogP contribution in [0.4, 0.5) is 0 Å². The Morgan fingerprint density at radius 1 is 1.33 bits per heavy atom. The van der Waals surface area contributed by atoms with Gasteiger partial charge in [-0.2, -0.15) is 0 Å². The van der Waals surface area contributed by atoms with Gasteiger partial charge in [0.1, 0.15) is 6.61 Å². The number of nitrogens with one attached hydrogen (secondary N) is 1. The smallest absolute Gasteiger partial charge is 0.333 e. The Morgan fingerprint density at radius 2 is 2.00 bits per heavy atom. The molecule has 0 aromatic heterocycles. The van der Waals surface area contributed by atoms with E-state index in [1.165, 1.54) is 25.1 Å². The molecule has 21 heavy (non-hydrogen) atoms. The number of rotatable bonds is 7. The molecule has 0 aliphatic carbocycles. The SMILES string of the molecule is CCCOCC(=O)NC(C)(C(=O)O)c1ccc(Cl)c(Cl)c1. The highest BCUT2D eigenvalue weighted by atomic mass is 35.5. The summed E-state index contributed by atoms with van der Waals surface area (Å²) in [6, 6.07) is 4.42. The van der Waals surface area contributed by atoms with Gasteiger partial charge in [0.15, 0.2) is 5.54 Å². The fraction of sp³-hybridized carbons (Fsp3) is 0.429. The molecule has 0 saturated carbocycles. The van der Waals surface area contributed by atoms with Crippen molar-refractivity contribution in [2.24, 2.45) is 0 Å². The van der Waals surface area contributed by atoms with Crippen molar-refractivity contribution in [3.63, 3.8) is 0 Å². The largest absolute Gasteiger partial charge is 0.479 e. The van der Waals surface area contributed by atoms with Crippen molar-refractivity contribution < 1.29 is 19.4 Å². The van der Waals surface area contributed by atoms with Gasteiger partial charge in [0.05, 0.1) is 10.0 Å². The lowest BCUT2D eigenvalue weighted by Crippen LogP contribution is -2.50. The quantitative estimate of drug-likeness (QED) is 0.752. The van der Waals surface area contributed by atoms with Crippen LogP contribution in [0.1, 0.15) is 25.8 Å². The summed E-state index contributed by atoms with van der Waals surface area (Å²) in [7, 11) is 0. The fourth-order valence-electron chi connectivity index (χ4n) is 1.68. The summed E-state index contributed by atoms with van der Waals surface area (Å²) >= 11 is 11.7. The highest BCUT2D eigenvalue weighted by Crippen LogP contribution is 2.29. The summed E-state index contributed by atoms with van der Waals surface area (Å²) in [5.74, 6) is -1.72. The molecule has 1 unspecified atom stereocenters.